The zero-order valence-corrected chi connectivity index (χ0v) is 14.2. The monoisotopic (exact) mass is 356 g/mol. The van der Waals surface area contributed by atoms with Gasteiger partial charge in [-0.1, -0.05) is 30.0 Å². The molecule has 0 saturated carbocycles. The van der Waals surface area contributed by atoms with E-state index >= 15 is 0 Å². The van der Waals surface area contributed by atoms with Gasteiger partial charge in [0.05, 0.1) is 17.9 Å². The normalized spacial score (nSPS) is 13.6. The summed E-state index contributed by atoms with van der Waals surface area (Å²) >= 11 is 1.52. The van der Waals surface area contributed by atoms with Crippen LogP contribution >= 0.6 is 11.8 Å². The summed E-state index contributed by atoms with van der Waals surface area (Å²) in [5.41, 5.74) is 1.84. The summed E-state index contributed by atoms with van der Waals surface area (Å²) in [5.74, 6) is 0.650. The summed E-state index contributed by atoms with van der Waals surface area (Å²) in [6.07, 6.45) is 3.72. The van der Waals surface area contributed by atoms with Crippen molar-refractivity contribution >= 4 is 28.5 Å². The van der Waals surface area contributed by atoms with E-state index in [1.165, 1.54) is 23.9 Å². The number of rotatable bonds is 5. The molecule has 8 heteroatoms. The number of hydrogen-bond acceptors (Lipinski definition) is 6. The Morgan fingerprint density at radius 3 is 2.72 bits per heavy atom. The molecule has 2 aromatic rings. The molecule has 0 aliphatic carbocycles. The van der Waals surface area contributed by atoms with E-state index < -0.39 is 4.92 Å². The molecule has 128 valence electrons. The lowest BCUT2D eigenvalue weighted by Crippen LogP contribution is -2.34. The zero-order valence-electron chi connectivity index (χ0n) is 13.4. The second kappa shape index (κ2) is 7.89. The molecule has 3 rings (SSSR count). The molecule has 0 radical (unpaired) electrons. The standard InChI is InChI=1S/C17H16N4O3S/c22-16(10-13-3-5-15(6-4-13)21(23)24)20-9-8-19-17(20)25-12-14-2-1-7-18-11-14/h1-7,11H,8-10,12H2. The van der Waals surface area contributed by atoms with Crippen molar-refractivity contribution in [2.24, 2.45) is 4.99 Å². The average Bonchev–Trinajstić information content (AvgIpc) is 3.10. The molecule has 25 heavy (non-hydrogen) atoms. The molecule has 0 saturated heterocycles. The number of pyridine rings is 1. The van der Waals surface area contributed by atoms with E-state index in [0.29, 0.717) is 18.8 Å². The third-order valence-electron chi connectivity index (χ3n) is 3.70. The minimum Gasteiger partial charge on any atom is -0.289 e. The fourth-order valence-corrected chi connectivity index (χ4v) is 3.42. The van der Waals surface area contributed by atoms with Crippen molar-refractivity contribution in [3.63, 3.8) is 0 Å². The number of aliphatic imine (C=N–C) groups is 1. The number of benzene rings is 1. The van der Waals surface area contributed by atoms with Gasteiger partial charge in [0.15, 0.2) is 5.17 Å². The molecule has 1 aliphatic heterocycles. The first-order chi connectivity index (χ1) is 12.1. The Morgan fingerprint density at radius 1 is 1.24 bits per heavy atom. The third kappa shape index (κ3) is 4.42. The highest BCUT2D eigenvalue weighted by atomic mass is 32.2. The maximum absolute atomic E-state index is 12.5. The second-order valence-electron chi connectivity index (χ2n) is 5.46. The van der Waals surface area contributed by atoms with E-state index in [1.54, 1.807) is 29.4 Å². The number of nitro groups is 1. The van der Waals surface area contributed by atoms with Crippen LogP contribution in [0.1, 0.15) is 11.1 Å². The first-order valence-corrected chi connectivity index (χ1v) is 8.72. The van der Waals surface area contributed by atoms with Crippen LogP contribution in [0.3, 0.4) is 0 Å². The number of carbonyl (C=O) groups excluding carboxylic acids is 1. The Hall–Kier alpha value is -2.74. The number of non-ortho nitro benzene ring substituents is 1. The van der Waals surface area contributed by atoms with Crippen LogP contribution in [0.5, 0.6) is 0 Å². The molecule has 7 nitrogen and oxygen atoms in total. The SMILES string of the molecule is O=C(Cc1ccc([N+](=O)[O-])cc1)N1CCN=C1SCc1cccnc1. The van der Waals surface area contributed by atoms with Gasteiger partial charge in [0, 0.05) is 36.8 Å². The lowest BCUT2D eigenvalue weighted by Gasteiger charge is -2.17. The molecule has 1 amide bonds. The Morgan fingerprint density at radius 2 is 2.04 bits per heavy atom. The van der Waals surface area contributed by atoms with E-state index in [1.807, 2.05) is 12.1 Å². The van der Waals surface area contributed by atoms with Crippen molar-refractivity contribution in [1.29, 1.82) is 0 Å². The Labute approximate surface area is 148 Å². The molecule has 0 unspecified atom stereocenters. The third-order valence-corrected chi connectivity index (χ3v) is 4.78. The van der Waals surface area contributed by atoms with E-state index in [0.717, 1.165) is 16.3 Å². The first kappa shape index (κ1) is 17.1. The van der Waals surface area contributed by atoms with Gasteiger partial charge in [0.25, 0.3) is 5.69 Å². The van der Waals surface area contributed by atoms with Crippen molar-refractivity contribution in [3.05, 3.63) is 70.0 Å². The highest BCUT2D eigenvalue weighted by Gasteiger charge is 2.24. The summed E-state index contributed by atoms with van der Waals surface area (Å²) in [6.45, 7) is 1.17. The van der Waals surface area contributed by atoms with Gasteiger partial charge in [0.1, 0.15) is 0 Å². The van der Waals surface area contributed by atoms with Gasteiger partial charge in [-0.2, -0.15) is 0 Å². The summed E-state index contributed by atoms with van der Waals surface area (Å²) in [5, 5.41) is 11.4. The number of nitrogens with zero attached hydrogens (tertiary/aromatic N) is 4. The highest BCUT2D eigenvalue weighted by Crippen LogP contribution is 2.20. The van der Waals surface area contributed by atoms with Gasteiger partial charge in [-0.05, 0) is 17.2 Å². The summed E-state index contributed by atoms with van der Waals surface area (Å²) < 4.78 is 0. The number of thioether (sulfide) groups is 1. The Bertz CT molecular complexity index is 793. The van der Waals surface area contributed by atoms with Gasteiger partial charge in [-0.3, -0.25) is 29.8 Å². The van der Waals surface area contributed by atoms with Crippen LogP contribution in [0.15, 0.2) is 53.8 Å². The van der Waals surface area contributed by atoms with Crippen molar-refractivity contribution in [2.45, 2.75) is 12.2 Å². The topological polar surface area (TPSA) is 88.7 Å². The van der Waals surface area contributed by atoms with E-state index in [9.17, 15) is 14.9 Å². The van der Waals surface area contributed by atoms with Gasteiger partial charge in [0.2, 0.25) is 5.91 Å². The van der Waals surface area contributed by atoms with Crippen LogP contribution in [0.4, 0.5) is 5.69 Å². The van der Waals surface area contributed by atoms with Gasteiger partial charge in [-0.15, -0.1) is 0 Å². The van der Waals surface area contributed by atoms with Crippen molar-refractivity contribution in [2.75, 3.05) is 13.1 Å². The average molecular weight is 356 g/mol. The number of aromatic nitrogens is 1. The van der Waals surface area contributed by atoms with Crippen LogP contribution in [0.25, 0.3) is 0 Å². The smallest absolute Gasteiger partial charge is 0.269 e. The maximum atomic E-state index is 12.5. The van der Waals surface area contributed by atoms with E-state index in [4.69, 9.17) is 0 Å². The minimum absolute atomic E-state index is 0.0200. The lowest BCUT2D eigenvalue weighted by atomic mass is 10.1. The van der Waals surface area contributed by atoms with Crippen LogP contribution in [0, 0.1) is 10.1 Å². The number of carbonyl (C=O) groups is 1. The molecule has 2 heterocycles. The predicted molar refractivity (Wildman–Crippen MR) is 96.3 cm³/mol. The van der Waals surface area contributed by atoms with Gasteiger partial charge >= 0.3 is 0 Å². The Kier molecular flexibility index (Phi) is 5.39. The molecule has 1 aromatic carbocycles. The van der Waals surface area contributed by atoms with E-state index in [-0.39, 0.29) is 18.0 Å². The molecule has 0 fully saturated rings. The van der Waals surface area contributed by atoms with Gasteiger partial charge < -0.3 is 0 Å². The van der Waals surface area contributed by atoms with Crippen LogP contribution in [-0.4, -0.2) is 39.0 Å². The molecule has 1 aliphatic rings. The summed E-state index contributed by atoms with van der Waals surface area (Å²) in [4.78, 5) is 32.9. The van der Waals surface area contributed by atoms with E-state index in [2.05, 4.69) is 9.98 Å². The molecular weight excluding hydrogens is 340 g/mol. The highest BCUT2D eigenvalue weighted by molar-refractivity contribution is 8.13. The quantitative estimate of drug-likeness (QED) is 0.607. The molecule has 1 aromatic heterocycles. The zero-order chi connectivity index (χ0) is 17.6. The summed E-state index contributed by atoms with van der Waals surface area (Å²) in [7, 11) is 0. The van der Waals surface area contributed by atoms with Crippen LogP contribution < -0.4 is 0 Å². The van der Waals surface area contributed by atoms with Crippen LogP contribution in [-0.2, 0) is 17.0 Å². The minimum atomic E-state index is -0.452. The molecule has 0 atom stereocenters. The number of hydrogen-bond donors (Lipinski definition) is 0. The van der Waals surface area contributed by atoms with Gasteiger partial charge in [-0.25, -0.2) is 0 Å². The van der Waals surface area contributed by atoms with Crippen molar-refractivity contribution in [3.8, 4) is 0 Å². The largest absolute Gasteiger partial charge is 0.289 e. The lowest BCUT2D eigenvalue weighted by molar-refractivity contribution is -0.384. The number of nitro benzene ring substituents is 1. The van der Waals surface area contributed by atoms with Crippen molar-refractivity contribution in [1.82, 2.24) is 9.88 Å². The second-order valence-corrected chi connectivity index (χ2v) is 6.40. The number of amides is 1. The number of amidine groups is 1. The first-order valence-electron chi connectivity index (χ1n) is 7.73. The fraction of sp³-hybridized carbons (Fsp3) is 0.235. The predicted octanol–water partition coefficient (Wildman–Crippen LogP) is 2.66. The molecule has 0 spiro atoms. The van der Waals surface area contributed by atoms with Crippen molar-refractivity contribution < 1.29 is 9.72 Å². The summed E-state index contributed by atoms with van der Waals surface area (Å²) in [6, 6.07) is 9.93. The molecular formula is C17H16N4O3S. The fourth-order valence-electron chi connectivity index (χ4n) is 2.42. The molecule has 0 bridgehead atoms. The Balaban J connectivity index is 1.59. The maximum Gasteiger partial charge on any atom is 0.269 e. The molecule has 0 N–H and O–H groups in total. The van der Waals surface area contributed by atoms with Crippen LogP contribution in [0.2, 0.25) is 0 Å².